The monoisotopic (exact) mass is 405 g/mol. The van der Waals surface area contributed by atoms with Crippen LogP contribution >= 0.6 is 0 Å². The van der Waals surface area contributed by atoms with Gasteiger partial charge in [-0.15, -0.1) is 0 Å². The molecule has 2 aromatic heterocycles. The second kappa shape index (κ2) is 7.93. The lowest BCUT2D eigenvalue weighted by molar-refractivity contribution is 0.194. The average molecular weight is 406 g/mol. The predicted octanol–water partition coefficient (Wildman–Crippen LogP) is 2.93. The van der Waals surface area contributed by atoms with Gasteiger partial charge in [0.2, 0.25) is 0 Å². The Labute approximate surface area is 175 Å². The number of benzene rings is 1. The largest absolute Gasteiger partial charge is 0.352 e. The van der Waals surface area contributed by atoms with Crippen molar-refractivity contribution >= 4 is 22.9 Å². The summed E-state index contributed by atoms with van der Waals surface area (Å²) in [5.41, 5.74) is 1.85. The first kappa shape index (κ1) is 18.8. The normalized spacial score (nSPS) is 16.8. The molecule has 3 aromatic rings. The van der Waals surface area contributed by atoms with Gasteiger partial charge < -0.3 is 15.1 Å². The van der Waals surface area contributed by atoms with E-state index in [1.165, 1.54) is 0 Å². The van der Waals surface area contributed by atoms with E-state index >= 15 is 0 Å². The summed E-state index contributed by atoms with van der Waals surface area (Å²) in [7, 11) is 0. The van der Waals surface area contributed by atoms with E-state index in [0.29, 0.717) is 19.0 Å². The van der Waals surface area contributed by atoms with Gasteiger partial charge in [-0.25, -0.2) is 19.4 Å². The molecule has 2 amide bonds. The quantitative estimate of drug-likeness (QED) is 0.706. The molecule has 30 heavy (non-hydrogen) atoms. The van der Waals surface area contributed by atoms with E-state index in [0.717, 1.165) is 67.3 Å². The Hall–Kier alpha value is -3.16. The van der Waals surface area contributed by atoms with Crippen molar-refractivity contribution in [2.24, 2.45) is 0 Å². The van der Waals surface area contributed by atoms with Crippen LogP contribution in [0, 0.1) is 0 Å². The zero-order valence-electron chi connectivity index (χ0n) is 17.3. The molecule has 0 bridgehead atoms. The number of piperazine rings is 1. The summed E-state index contributed by atoms with van der Waals surface area (Å²) < 4.78 is 1.90. The Bertz CT molecular complexity index is 1040. The van der Waals surface area contributed by atoms with E-state index in [4.69, 9.17) is 9.97 Å². The van der Waals surface area contributed by atoms with Gasteiger partial charge in [-0.1, -0.05) is 25.1 Å². The van der Waals surface area contributed by atoms with Gasteiger partial charge in [0.25, 0.3) is 0 Å². The standard InChI is InChI=1S/C22H27N7O/c1-2-10-23-22(30)28-13-11-27(12-14-28)20-18-15-24-29(17-6-4-3-5-7-17)21(18)26-19(25-20)16-8-9-16/h3-7,15-16H,2,8-14H2,1H3,(H,23,30). The molecule has 2 aliphatic rings. The van der Waals surface area contributed by atoms with Crippen molar-refractivity contribution in [2.75, 3.05) is 37.6 Å². The van der Waals surface area contributed by atoms with Crippen molar-refractivity contribution in [3.05, 3.63) is 42.4 Å². The van der Waals surface area contributed by atoms with Crippen molar-refractivity contribution < 1.29 is 4.79 Å². The molecule has 156 valence electrons. The van der Waals surface area contributed by atoms with Gasteiger partial charge in [0.1, 0.15) is 11.6 Å². The number of nitrogens with one attached hydrogen (secondary N) is 1. The van der Waals surface area contributed by atoms with Gasteiger partial charge in [0, 0.05) is 38.6 Å². The number of hydrogen-bond donors (Lipinski definition) is 1. The summed E-state index contributed by atoms with van der Waals surface area (Å²) in [4.78, 5) is 26.3. The number of carbonyl (C=O) groups is 1. The van der Waals surface area contributed by atoms with Crippen molar-refractivity contribution in [2.45, 2.75) is 32.1 Å². The number of para-hydroxylation sites is 1. The summed E-state index contributed by atoms with van der Waals surface area (Å²) in [6.07, 6.45) is 5.11. The summed E-state index contributed by atoms with van der Waals surface area (Å²) in [6, 6.07) is 10.1. The second-order valence-corrected chi connectivity index (χ2v) is 8.01. The molecular weight excluding hydrogens is 378 g/mol. The number of aromatic nitrogens is 4. The molecular formula is C22H27N7O. The van der Waals surface area contributed by atoms with Crippen LogP contribution in [0.3, 0.4) is 0 Å². The van der Waals surface area contributed by atoms with E-state index in [-0.39, 0.29) is 6.03 Å². The molecule has 3 heterocycles. The van der Waals surface area contributed by atoms with Crippen LogP contribution < -0.4 is 10.2 Å². The minimum Gasteiger partial charge on any atom is -0.352 e. The third kappa shape index (κ3) is 3.58. The molecule has 2 fully saturated rings. The summed E-state index contributed by atoms with van der Waals surface area (Å²) in [6.45, 7) is 5.67. The maximum atomic E-state index is 12.3. The molecule has 1 aliphatic carbocycles. The zero-order chi connectivity index (χ0) is 20.5. The molecule has 1 aliphatic heterocycles. The molecule has 0 spiro atoms. The first-order chi connectivity index (χ1) is 14.7. The molecule has 5 rings (SSSR count). The number of rotatable bonds is 5. The van der Waals surface area contributed by atoms with Gasteiger partial charge in [0.05, 0.1) is 17.3 Å². The lowest BCUT2D eigenvalue weighted by Gasteiger charge is -2.35. The highest BCUT2D eigenvalue weighted by Gasteiger charge is 2.30. The molecule has 1 N–H and O–H groups in total. The maximum Gasteiger partial charge on any atom is 0.317 e. The van der Waals surface area contributed by atoms with Gasteiger partial charge in [-0.2, -0.15) is 5.10 Å². The van der Waals surface area contributed by atoms with Crippen molar-refractivity contribution in [3.63, 3.8) is 0 Å². The third-order valence-corrected chi connectivity index (χ3v) is 5.76. The van der Waals surface area contributed by atoms with Crippen molar-refractivity contribution in [3.8, 4) is 5.69 Å². The Morgan fingerprint density at radius 3 is 2.57 bits per heavy atom. The summed E-state index contributed by atoms with van der Waals surface area (Å²) in [5.74, 6) is 2.31. The van der Waals surface area contributed by atoms with E-state index in [1.54, 1.807) is 0 Å². The van der Waals surface area contributed by atoms with Crippen LogP contribution in [0.1, 0.15) is 37.9 Å². The highest BCUT2D eigenvalue weighted by molar-refractivity contribution is 5.88. The molecule has 8 heteroatoms. The van der Waals surface area contributed by atoms with Crippen molar-refractivity contribution in [1.82, 2.24) is 30.0 Å². The number of amides is 2. The van der Waals surface area contributed by atoms with Crippen LogP contribution in [-0.4, -0.2) is 63.4 Å². The Kier molecular flexibility index (Phi) is 4.98. The fourth-order valence-corrected chi connectivity index (χ4v) is 3.90. The third-order valence-electron chi connectivity index (χ3n) is 5.76. The molecule has 1 aromatic carbocycles. The highest BCUT2D eigenvalue weighted by Crippen LogP contribution is 2.40. The van der Waals surface area contributed by atoms with Gasteiger partial charge in [-0.3, -0.25) is 0 Å². The lowest BCUT2D eigenvalue weighted by Crippen LogP contribution is -2.52. The SMILES string of the molecule is CCCNC(=O)N1CCN(c2nc(C3CC3)nc3c2cnn3-c2ccccc2)CC1. The van der Waals surface area contributed by atoms with Crippen LogP contribution in [-0.2, 0) is 0 Å². The van der Waals surface area contributed by atoms with Gasteiger partial charge in [-0.05, 0) is 31.4 Å². The predicted molar refractivity (Wildman–Crippen MR) is 116 cm³/mol. The Balaban J connectivity index is 1.45. The Morgan fingerprint density at radius 2 is 1.87 bits per heavy atom. The van der Waals surface area contributed by atoms with Gasteiger partial charge in [0.15, 0.2) is 5.65 Å². The fourth-order valence-electron chi connectivity index (χ4n) is 3.90. The Morgan fingerprint density at radius 1 is 1.10 bits per heavy atom. The van der Waals surface area contributed by atoms with Gasteiger partial charge >= 0.3 is 6.03 Å². The van der Waals surface area contributed by atoms with E-state index < -0.39 is 0 Å². The van der Waals surface area contributed by atoms with Crippen LogP contribution in [0.25, 0.3) is 16.7 Å². The number of nitrogens with zero attached hydrogens (tertiary/aromatic N) is 6. The summed E-state index contributed by atoms with van der Waals surface area (Å²) in [5, 5.41) is 8.57. The minimum absolute atomic E-state index is 0.0277. The smallest absolute Gasteiger partial charge is 0.317 e. The number of fused-ring (bicyclic) bond motifs is 1. The minimum atomic E-state index is 0.0277. The second-order valence-electron chi connectivity index (χ2n) is 8.01. The van der Waals surface area contributed by atoms with Crippen LogP contribution in [0.4, 0.5) is 10.6 Å². The summed E-state index contributed by atoms with van der Waals surface area (Å²) >= 11 is 0. The number of hydrogen-bond acceptors (Lipinski definition) is 5. The maximum absolute atomic E-state index is 12.3. The van der Waals surface area contributed by atoms with E-state index in [9.17, 15) is 4.79 Å². The molecule has 0 unspecified atom stereocenters. The fraction of sp³-hybridized carbons (Fsp3) is 0.455. The number of urea groups is 1. The first-order valence-electron chi connectivity index (χ1n) is 10.8. The van der Waals surface area contributed by atoms with Crippen LogP contribution in [0.15, 0.2) is 36.5 Å². The molecule has 1 saturated carbocycles. The highest BCUT2D eigenvalue weighted by atomic mass is 16.2. The zero-order valence-corrected chi connectivity index (χ0v) is 17.3. The molecule has 0 atom stereocenters. The number of carbonyl (C=O) groups excluding carboxylic acids is 1. The van der Waals surface area contributed by atoms with Crippen LogP contribution in [0.5, 0.6) is 0 Å². The topological polar surface area (TPSA) is 79.2 Å². The molecule has 8 nitrogen and oxygen atoms in total. The molecule has 0 radical (unpaired) electrons. The average Bonchev–Trinajstić information content (AvgIpc) is 3.56. The van der Waals surface area contributed by atoms with E-state index in [1.807, 2.05) is 46.1 Å². The first-order valence-corrected chi connectivity index (χ1v) is 10.8. The lowest BCUT2D eigenvalue weighted by atomic mass is 10.2. The number of anilines is 1. The van der Waals surface area contributed by atoms with Crippen LogP contribution in [0.2, 0.25) is 0 Å². The van der Waals surface area contributed by atoms with Crippen molar-refractivity contribution in [1.29, 1.82) is 0 Å². The van der Waals surface area contributed by atoms with E-state index in [2.05, 4.69) is 22.2 Å². The molecule has 1 saturated heterocycles.